The van der Waals surface area contributed by atoms with Crippen LogP contribution >= 0.6 is 23.3 Å². The van der Waals surface area contributed by atoms with Gasteiger partial charge in [-0.1, -0.05) is 52.6 Å². The Labute approximate surface area is 158 Å². The van der Waals surface area contributed by atoms with E-state index < -0.39 is 0 Å². The normalized spacial score (nSPS) is 11.0. The number of nitrogens with zero attached hydrogens (tertiary/aromatic N) is 5. The molecule has 0 radical (unpaired) electrons. The number of aromatic nitrogens is 5. The van der Waals surface area contributed by atoms with Crippen LogP contribution < -0.4 is 0 Å². The molecule has 2 aromatic heterocycles. The van der Waals surface area contributed by atoms with Crippen LogP contribution in [0.2, 0.25) is 0 Å². The molecule has 8 heteroatoms. The summed E-state index contributed by atoms with van der Waals surface area (Å²) in [5.74, 6) is 0.950. The van der Waals surface area contributed by atoms with E-state index in [9.17, 15) is 4.39 Å². The maximum atomic E-state index is 13.9. The molecule has 0 aliphatic carbocycles. The summed E-state index contributed by atoms with van der Waals surface area (Å²) in [7, 11) is 0. The first-order valence-corrected chi connectivity index (χ1v) is 9.66. The molecule has 4 rings (SSSR count). The molecule has 0 atom stereocenters. The topological polar surface area (TPSA) is 56.5 Å². The fourth-order valence-electron chi connectivity index (χ4n) is 2.51. The van der Waals surface area contributed by atoms with Gasteiger partial charge in [-0.05, 0) is 42.2 Å². The molecule has 26 heavy (non-hydrogen) atoms. The molecule has 0 aliphatic rings. The first-order chi connectivity index (χ1) is 12.7. The second-order valence-electron chi connectivity index (χ2n) is 5.54. The van der Waals surface area contributed by atoms with Gasteiger partial charge in [-0.15, -0.1) is 15.3 Å². The smallest absolute Gasteiger partial charge is 0.196 e. The van der Waals surface area contributed by atoms with Crippen LogP contribution in [0.3, 0.4) is 0 Å². The minimum absolute atomic E-state index is 0.214. The lowest BCUT2D eigenvalue weighted by Crippen LogP contribution is -1.99. The Balaban J connectivity index is 1.74. The highest BCUT2D eigenvalue weighted by Gasteiger charge is 2.20. The molecule has 0 unspecified atom stereocenters. The predicted octanol–water partition coefficient (Wildman–Crippen LogP) is 4.53. The van der Waals surface area contributed by atoms with Crippen molar-refractivity contribution in [3.05, 3.63) is 71.7 Å². The van der Waals surface area contributed by atoms with E-state index in [2.05, 4.69) is 19.8 Å². The molecule has 0 amide bonds. The zero-order valence-electron chi connectivity index (χ0n) is 13.8. The minimum atomic E-state index is -0.214. The van der Waals surface area contributed by atoms with Gasteiger partial charge in [0.1, 0.15) is 10.7 Å². The van der Waals surface area contributed by atoms with Crippen LogP contribution in [0.5, 0.6) is 0 Å². The number of hydrogen-bond donors (Lipinski definition) is 0. The van der Waals surface area contributed by atoms with Gasteiger partial charge in [0.25, 0.3) is 0 Å². The van der Waals surface area contributed by atoms with Gasteiger partial charge in [0.05, 0.1) is 5.69 Å². The molecule has 2 heterocycles. The second-order valence-corrected chi connectivity index (χ2v) is 7.24. The van der Waals surface area contributed by atoms with Gasteiger partial charge in [0, 0.05) is 11.4 Å². The summed E-state index contributed by atoms with van der Waals surface area (Å²) in [5.41, 5.74) is 2.39. The molecule has 0 fully saturated rings. The standard InChI is InChI=1S/C18H14FN5S2/c1-12-16(26-23-20-12)17-21-22-18(24(17)14-8-3-2-4-9-14)25-11-13-7-5-6-10-15(13)19/h2-10H,11H2,1H3. The van der Waals surface area contributed by atoms with Crippen molar-refractivity contribution >= 4 is 23.3 Å². The molecule has 0 saturated heterocycles. The van der Waals surface area contributed by atoms with E-state index in [1.807, 2.05) is 47.9 Å². The Bertz CT molecular complexity index is 1030. The van der Waals surface area contributed by atoms with Crippen LogP contribution in [0.25, 0.3) is 16.4 Å². The summed E-state index contributed by atoms with van der Waals surface area (Å²) >= 11 is 2.73. The van der Waals surface area contributed by atoms with E-state index >= 15 is 0 Å². The summed E-state index contributed by atoms with van der Waals surface area (Å²) in [5, 5.41) is 13.5. The zero-order chi connectivity index (χ0) is 17.9. The van der Waals surface area contributed by atoms with Crippen LogP contribution in [0.15, 0.2) is 59.8 Å². The first kappa shape index (κ1) is 16.9. The maximum Gasteiger partial charge on any atom is 0.196 e. The first-order valence-electron chi connectivity index (χ1n) is 7.90. The third-order valence-corrected chi connectivity index (χ3v) is 5.62. The predicted molar refractivity (Wildman–Crippen MR) is 101 cm³/mol. The Morgan fingerprint density at radius 2 is 1.77 bits per heavy atom. The van der Waals surface area contributed by atoms with Crippen molar-refractivity contribution in [3.8, 4) is 16.4 Å². The van der Waals surface area contributed by atoms with Gasteiger partial charge < -0.3 is 0 Å². The number of benzene rings is 2. The van der Waals surface area contributed by atoms with E-state index in [1.165, 1.54) is 29.4 Å². The fraction of sp³-hybridized carbons (Fsp3) is 0.111. The molecule has 2 aromatic carbocycles. The van der Waals surface area contributed by atoms with Crippen LogP contribution in [-0.4, -0.2) is 24.4 Å². The monoisotopic (exact) mass is 383 g/mol. The summed E-state index contributed by atoms with van der Waals surface area (Å²) in [6, 6.07) is 16.6. The van der Waals surface area contributed by atoms with Crippen LogP contribution in [0.1, 0.15) is 11.3 Å². The lowest BCUT2D eigenvalue weighted by Gasteiger charge is -2.09. The molecule has 0 spiro atoms. The summed E-state index contributed by atoms with van der Waals surface area (Å²) in [6.45, 7) is 1.90. The average Bonchev–Trinajstić information content (AvgIpc) is 3.27. The van der Waals surface area contributed by atoms with Gasteiger partial charge >= 0.3 is 0 Å². The molecule has 0 aliphatic heterocycles. The number of thioether (sulfide) groups is 1. The lowest BCUT2D eigenvalue weighted by atomic mass is 10.2. The molecule has 0 saturated carbocycles. The molecular formula is C18H14FN5S2. The Morgan fingerprint density at radius 1 is 1.00 bits per heavy atom. The van der Waals surface area contributed by atoms with E-state index in [4.69, 9.17) is 0 Å². The number of halogens is 1. The number of para-hydroxylation sites is 1. The van der Waals surface area contributed by atoms with Crippen LogP contribution in [-0.2, 0) is 5.75 Å². The van der Waals surface area contributed by atoms with Gasteiger partial charge in [0.2, 0.25) is 0 Å². The Kier molecular flexibility index (Phi) is 4.77. The summed E-state index contributed by atoms with van der Waals surface area (Å²) in [6.07, 6.45) is 0. The fourth-order valence-corrected chi connectivity index (χ4v) is 4.08. The van der Waals surface area contributed by atoms with Crippen molar-refractivity contribution in [3.63, 3.8) is 0 Å². The van der Waals surface area contributed by atoms with Gasteiger partial charge in [0.15, 0.2) is 11.0 Å². The lowest BCUT2D eigenvalue weighted by molar-refractivity contribution is 0.617. The van der Waals surface area contributed by atoms with E-state index in [-0.39, 0.29) is 5.82 Å². The minimum Gasteiger partial charge on any atom is -0.269 e. The Morgan fingerprint density at radius 3 is 2.50 bits per heavy atom. The molecule has 130 valence electrons. The van der Waals surface area contributed by atoms with E-state index in [0.29, 0.717) is 22.3 Å². The second kappa shape index (κ2) is 7.35. The number of hydrogen-bond acceptors (Lipinski definition) is 6. The molecular weight excluding hydrogens is 369 g/mol. The quantitative estimate of drug-likeness (QED) is 0.474. The maximum absolute atomic E-state index is 13.9. The molecule has 0 N–H and O–H groups in total. The van der Waals surface area contributed by atoms with Crippen molar-refractivity contribution in [2.75, 3.05) is 0 Å². The molecule has 5 nitrogen and oxygen atoms in total. The van der Waals surface area contributed by atoms with E-state index in [1.54, 1.807) is 12.1 Å². The Hall–Kier alpha value is -2.58. The molecule has 0 bridgehead atoms. The SMILES string of the molecule is Cc1nnsc1-c1nnc(SCc2ccccc2F)n1-c1ccccc1. The van der Waals surface area contributed by atoms with Gasteiger partial charge in [-0.3, -0.25) is 4.57 Å². The third-order valence-electron chi connectivity index (χ3n) is 3.82. The summed E-state index contributed by atoms with van der Waals surface area (Å²) < 4.78 is 19.9. The van der Waals surface area contributed by atoms with E-state index in [0.717, 1.165) is 16.3 Å². The van der Waals surface area contributed by atoms with Gasteiger partial charge in [-0.25, -0.2) is 4.39 Å². The highest BCUT2D eigenvalue weighted by Crippen LogP contribution is 2.32. The van der Waals surface area contributed by atoms with Crippen LogP contribution in [0, 0.1) is 12.7 Å². The zero-order valence-corrected chi connectivity index (χ0v) is 15.5. The highest BCUT2D eigenvalue weighted by atomic mass is 32.2. The van der Waals surface area contributed by atoms with Crippen LogP contribution in [0.4, 0.5) is 4.39 Å². The summed E-state index contributed by atoms with van der Waals surface area (Å²) in [4.78, 5) is 0.874. The van der Waals surface area contributed by atoms with Crippen molar-refractivity contribution in [1.29, 1.82) is 0 Å². The number of rotatable bonds is 5. The third kappa shape index (κ3) is 3.25. The van der Waals surface area contributed by atoms with Crippen molar-refractivity contribution in [1.82, 2.24) is 24.4 Å². The van der Waals surface area contributed by atoms with Crippen molar-refractivity contribution < 1.29 is 4.39 Å². The van der Waals surface area contributed by atoms with Crippen molar-refractivity contribution in [2.45, 2.75) is 17.8 Å². The largest absolute Gasteiger partial charge is 0.269 e. The molecule has 4 aromatic rings. The van der Waals surface area contributed by atoms with Crippen molar-refractivity contribution in [2.24, 2.45) is 0 Å². The highest BCUT2D eigenvalue weighted by molar-refractivity contribution is 7.98. The number of aryl methyl sites for hydroxylation is 1. The average molecular weight is 383 g/mol. The van der Waals surface area contributed by atoms with Gasteiger partial charge in [-0.2, -0.15) is 0 Å².